The first-order valence-corrected chi connectivity index (χ1v) is 12.1. The van der Waals surface area contributed by atoms with Crippen molar-refractivity contribution in [1.82, 2.24) is 35.0 Å². The number of nitrogens with zero attached hydrogens (tertiary/aromatic N) is 7. The Bertz CT molecular complexity index is 1380. The SMILES string of the molecule is Cc1ncc(C(=O)Nc2cc(C(C)(C)C)on2)cc1-n1cc(-c2cncc(CN3CCCC3)c2)nn1. The summed E-state index contributed by atoms with van der Waals surface area (Å²) in [6.07, 6.45) is 9.56. The van der Waals surface area contributed by atoms with E-state index in [1.807, 2.05) is 40.1 Å². The number of anilines is 1. The van der Waals surface area contributed by atoms with Gasteiger partial charge < -0.3 is 9.84 Å². The summed E-state index contributed by atoms with van der Waals surface area (Å²) in [6, 6.07) is 5.58. The molecule has 4 aromatic heterocycles. The van der Waals surface area contributed by atoms with Gasteiger partial charge >= 0.3 is 0 Å². The number of aryl methyl sites for hydroxylation is 1. The monoisotopic (exact) mass is 486 g/mol. The lowest BCUT2D eigenvalue weighted by Gasteiger charge is -2.14. The minimum atomic E-state index is -0.336. The lowest BCUT2D eigenvalue weighted by atomic mass is 9.93. The molecule has 1 aliphatic heterocycles. The highest BCUT2D eigenvalue weighted by molar-refractivity contribution is 6.03. The van der Waals surface area contributed by atoms with Crippen LogP contribution < -0.4 is 5.32 Å². The van der Waals surface area contributed by atoms with Gasteiger partial charge in [0.05, 0.1) is 23.1 Å². The summed E-state index contributed by atoms with van der Waals surface area (Å²) in [6.45, 7) is 11.1. The standard InChI is InChI=1S/C26H30N8O2/c1-17-22(10-20(14-28-17)25(35)29-24-11-23(36-31-24)26(2,3)4)34-16-21(30-32-34)19-9-18(12-27-13-19)15-33-7-5-6-8-33/h9-14,16H,5-8,15H2,1-4H3,(H,29,31,35). The number of carbonyl (C=O) groups is 1. The number of amides is 1. The topological polar surface area (TPSA) is 115 Å². The van der Waals surface area contributed by atoms with Crippen LogP contribution in [-0.4, -0.2) is 54.0 Å². The van der Waals surface area contributed by atoms with Crippen LogP contribution in [0, 0.1) is 6.92 Å². The van der Waals surface area contributed by atoms with Gasteiger partial charge in [0.1, 0.15) is 11.5 Å². The molecule has 0 spiro atoms. The van der Waals surface area contributed by atoms with Gasteiger partial charge in [0.2, 0.25) is 0 Å². The van der Waals surface area contributed by atoms with Gasteiger partial charge in [0.15, 0.2) is 5.82 Å². The van der Waals surface area contributed by atoms with Gasteiger partial charge in [-0.2, -0.15) is 0 Å². The van der Waals surface area contributed by atoms with E-state index in [1.165, 1.54) is 19.0 Å². The second-order valence-electron chi connectivity index (χ2n) is 10.2. The van der Waals surface area contributed by atoms with E-state index in [0.717, 1.165) is 36.5 Å². The van der Waals surface area contributed by atoms with Crippen molar-refractivity contribution in [3.8, 4) is 16.9 Å². The molecule has 1 amide bonds. The third kappa shape index (κ3) is 5.18. The molecule has 10 nitrogen and oxygen atoms in total. The molecule has 5 heterocycles. The maximum atomic E-state index is 12.9. The highest BCUT2D eigenvalue weighted by atomic mass is 16.5. The van der Waals surface area contributed by atoms with Crippen molar-refractivity contribution < 1.29 is 9.32 Å². The Morgan fingerprint density at radius 3 is 2.67 bits per heavy atom. The van der Waals surface area contributed by atoms with Gasteiger partial charge in [-0.1, -0.05) is 31.1 Å². The average Bonchev–Trinajstić information content (AvgIpc) is 3.61. The molecule has 36 heavy (non-hydrogen) atoms. The van der Waals surface area contributed by atoms with Crippen LogP contribution in [0.1, 0.15) is 61.0 Å². The van der Waals surface area contributed by atoms with E-state index in [9.17, 15) is 4.79 Å². The maximum Gasteiger partial charge on any atom is 0.258 e. The van der Waals surface area contributed by atoms with Crippen LogP contribution in [0.2, 0.25) is 0 Å². The third-order valence-corrected chi connectivity index (χ3v) is 6.25. The van der Waals surface area contributed by atoms with Crippen molar-refractivity contribution in [3.05, 3.63) is 65.6 Å². The molecule has 10 heteroatoms. The van der Waals surface area contributed by atoms with Crippen molar-refractivity contribution in [2.24, 2.45) is 0 Å². The molecule has 0 aromatic carbocycles. The largest absolute Gasteiger partial charge is 0.359 e. The average molecular weight is 487 g/mol. The number of aromatic nitrogens is 6. The van der Waals surface area contributed by atoms with E-state index in [0.29, 0.717) is 28.5 Å². The van der Waals surface area contributed by atoms with Crippen LogP contribution in [0.15, 0.2) is 47.5 Å². The molecule has 0 aliphatic carbocycles. The second kappa shape index (κ2) is 9.62. The van der Waals surface area contributed by atoms with Gasteiger partial charge in [-0.3, -0.25) is 19.7 Å². The van der Waals surface area contributed by atoms with Crippen LogP contribution in [0.25, 0.3) is 16.9 Å². The fourth-order valence-corrected chi connectivity index (χ4v) is 4.18. The summed E-state index contributed by atoms with van der Waals surface area (Å²) in [7, 11) is 0. The van der Waals surface area contributed by atoms with Crippen LogP contribution in [0.4, 0.5) is 5.82 Å². The number of nitrogens with one attached hydrogen (secondary N) is 1. The molecule has 1 fully saturated rings. The van der Waals surface area contributed by atoms with E-state index in [4.69, 9.17) is 4.52 Å². The third-order valence-electron chi connectivity index (χ3n) is 6.25. The molecule has 0 saturated carbocycles. The minimum absolute atomic E-state index is 0.206. The number of rotatable bonds is 6. The molecule has 0 radical (unpaired) electrons. The summed E-state index contributed by atoms with van der Waals surface area (Å²) in [5, 5.41) is 15.4. The predicted molar refractivity (Wildman–Crippen MR) is 135 cm³/mol. The highest BCUT2D eigenvalue weighted by Gasteiger charge is 2.21. The number of likely N-dealkylation sites (tertiary alicyclic amines) is 1. The van der Waals surface area contributed by atoms with Crippen LogP contribution in [-0.2, 0) is 12.0 Å². The van der Waals surface area contributed by atoms with Crippen molar-refractivity contribution in [2.45, 2.75) is 52.5 Å². The normalized spacial score (nSPS) is 14.3. The Morgan fingerprint density at radius 2 is 1.92 bits per heavy atom. The van der Waals surface area contributed by atoms with Crippen molar-refractivity contribution >= 4 is 11.7 Å². The zero-order chi connectivity index (χ0) is 25.3. The molecular formula is C26H30N8O2. The van der Waals surface area contributed by atoms with Crippen LogP contribution in [0.5, 0.6) is 0 Å². The van der Waals surface area contributed by atoms with Gasteiger partial charge in [-0.05, 0) is 50.6 Å². The number of hydrogen-bond donors (Lipinski definition) is 1. The highest BCUT2D eigenvalue weighted by Crippen LogP contribution is 2.25. The molecule has 186 valence electrons. The zero-order valence-corrected chi connectivity index (χ0v) is 21.0. The van der Waals surface area contributed by atoms with Crippen molar-refractivity contribution in [1.29, 1.82) is 0 Å². The summed E-state index contributed by atoms with van der Waals surface area (Å²) in [5.41, 5.74) is 4.32. The van der Waals surface area contributed by atoms with Gasteiger partial charge in [-0.15, -0.1) is 5.10 Å². The number of hydrogen-bond acceptors (Lipinski definition) is 8. The fourth-order valence-electron chi connectivity index (χ4n) is 4.18. The molecule has 1 N–H and O–H groups in total. The van der Waals surface area contributed by atoms with E-state index in [2.05, 4.69) is 41.7 Å². The van der Waals surface area contributed by atoms with E-state index >= 15 is 0 Å². The summed E-state index contributed by atoms with van der Waals surface area (Å²) in [5.74, 6) is 0.711. The Kier molecular flexibility index (Phi) is 6.36. The first-order chi connectivity index (χ1) is 17.3. The van der Waals surface area contributed by atoms with Gasteiger partial charge in [-0.25, -0.2) is 4.68 Å². The second-order valence-corrected chi connectivity index (χ2v) is 10.2. The smallest absolute Gasteiger partial charge is 0.258 e. The Hall–Kier alpha value is -3.92. The molecule has 1 aliphatic rings. The van der Waals surface area contributed by atoms with Gasteiger partial charge in [0.25, 0.3) is 5.91 Å². The number of pyridine rings is 2. The first kappa shape index (κ1) is 23.8. The van der Waals surface area contributed by atoms with Crippen molar-refractivity contribution in [3.63, 3.8) is 0 Å². The van der Waals surface area contributed by atoms with Crippen molar-refractivity contribution in [2.75, 3.05) is 18.4 Å². The summed E-state index contributed by atoms with van der Waals surface area (Å²) >= 11 is 0. The predicted octanol–water partition coefficient (Wildman–Crippen LogP) is 4.17. The van der Waals surface area contributed by atoms with E-state index in [1.54, 1.807) is 23.0 Å². The first-order valence-electron chi connectivity index (χ1n) is 12.1. The zero-order valence-electron chi connectivity index (χ0n) is 21.0. The quantitative estimate of drug-likeness (QED) is 0.432. The summed E-state index contributed by atoms with van der Waals surface area (Å²) < 4.78 is 6.99. The number of carbonyl (C=O) groups excluding carboxylic acids is 1. The summed E-state index contributed by atoms with van der Waals surface area (Å²) in [4.78, 5) is 24.1. The maximum absolute atomic E-state index is 12.9. The minimum Gasteiger partial charge on any atom is -0.359 e. The Labute approximate surface area is 209 Å². The lowest BCUT2D eigenvalue weighted by molar-refractivity contribution is 0.102. The van der Waals surface area contributed by atoms with E-state index < -0.39 is 0 Å². The molecule has 0 unspecified atom stereocenters. The molecule has 5 rings (SSSR count). The molecule has 0 bridgehead atoms. The molecular weight excluding hydrogens is 456 g/mol. The van der Waals surface area contributed by atoms with Gasteiger partial charge in [0, 0.05) is 42.2 Å². The molecule has 4 aromatic rings. The van der Waals surface area contributed by atoms with Crippen LogP contribution >= 0.6 is 0 Å². The fraction of sp³-hybridized carbons (Fsp3) is 0.385. The van der Waals surface area contributed by atoms with Crippen LogP contribution in [0.3, 0.4) is 0 Å². The lowest BCUT2D eigenvalue weighted by Crippen LogP contribution is -2.18. The Morgan fingerprint density at radius 1 is 1.11 bits per heavy atom. The molecule has 1 saturated heterocycles. The molecule has 0 atom stereocenters. The van der Waals surface area contributed by atoms with E-state index in [-0.39, 0.29) is 11.3 Å². The Balaban J connectivity index is 1.34.